The molecule has 0 radical (unpaired) electrons. The zero-order valence-corrected chi connectivity index (χ0v) is 9.84. The van der Waals surface area contributed by atoms with E-state index in [1.807, 2.05) is 18.2 Å². The molecule has 4 atom stereocenters. The van der Waals surface area contributed by atoms with Gasteiger partial charge in [-0.2, -0.15) is 0 Å². The highest BCUT2D eigenvalue weighted by Gasteiger charge is 2.50. The average Bonchev–Trinajstić information content (AvgIpc) is 2.94. The third-order valence-corrected chi connectivity index (χ3v) is 3.40. The first-order chi connectivity index (χ1) is 8.38. The summed E-state index contributed by atoms with van der Waals surface area (Å²) in [4.78, 5) is 0. The summed E-state index contributed by atoms with van der Waals surface area (Å²) in [5, 5.41) is 3.49. The molecule has 2 fully saturated rings. The fourth-order valence-corrected chi connectivity index (χ4v) is 2.52. The molecular formula is C13H17NO3. The molecule has 3 rings (SSSR count). The van der Waals surface area contributed by atoms with Gasteiger partial charge in [-0.05, 0) is 5.56 Å². The van der Waals surface area contributed by atoms with Crippen molar-refractivity contribution in [3.05, 3.63) is 35.9 Å². The summed E-state index contributed by atoms with van der Waals surface area (Å²) in [7, 11) is 1.66. The lowest BCUT2D eigenvalue weighted by atomic mass is 10.1. The maximum atomic E-state index is 5.70. The molecule has 0 amide bonds. The molecule has 0 saturated carbocycles. The number of nitrogens with one attached hydrogen (secondary N) is 1. The molecule has 4 heteroatoms. The molecule has 2 aliphatic heterocycles. The summed E-state index contributed by atoms with van der Waals surface area (Å²) in [5.74, 6) is 0. The van der Waals surface area contributed by atoms with Crippen molar-refractivity contribution in [1.29, 1.82) is 0 Å². The van der Waals surface area contributed by atoms with Gasteiger partial charge in [0.05, 0.1) is 12.6 Å². The third-order valence-electron chi connectivity index (χ3n) is 3.40. The lowest BCUT2D eigenvalue weighted by Crippen LogP contribution is -2.40. The van der Waals surface area contributed by atoms with Crippen molar-refractivity contribution < 1.29 is 14.2 Å². The quantitative estimate of drug-likeness (QED) is 0.842. The van der Waals surface area contributed by atoms with Crippen LogP contribution in [0.4, 0.5) is 0 Å². The number of fused-ring (bicyclic) bond motifs is 2. The first-order valence-corrected chi connectivity index (χ1v) is 5.95. The zero-order chi connectivity index (χ0) is 11.7. The van der Waals surface area contributed by atoms with Crippen LogP contribution in [0.2, 0.25) is 0 Å². The number of benzene rings is 1. The van der Waals surface area contributed by atoms with Gasteiger partial charge in [-0.1, -0.05) is 30.3 Å². The lowest BCUT2D eigenvalue weighted by Gasteiger charge is -2.20. The SMILES string of the molecule is CO[C@H]1O[C@@H]2CO[C@H]1[C@@H]2NCc1ccccc1. The molecule has 1 aromatic carbocycles. The van der Waals surface area contributed by atoms with Gasteiger partial charge < -0.3 is 19.5 Å². The van der Waals surface area contributed by atoms with Gasteiger partial charge in [0.25, 0.3) is 0 Å². The van der Waals surface area contributed by atoms with Crippen LogP contribution in [0.15, 0.2) is 30.3 Å². The summed E-state index contributed by atoms with van der Waals surface area (Å²) in [6.45, 7) is 1.50. The molecule has 0 unspecified atom stereocenters. The van der Waals surface area contributed by atoms with Crippen molar-refractivity contribution in [2.45, 2.75) is 31.1 Å². The van der Waals surface area contributed by atoms with Gasteiger partial charge in [-0.3, -0.25) is 0 Å². The molecule has 2 aliphatic rings. The van der Waals surface area contributed by atoms with Crippen LogP contribution < -0.4 is 5.32 Å². The Balaban J connectivity index is 1.60. The third kappa shape index (κ3) is 2.09. The number of hydrogen-bond acceptors (Lipinski definition) is 4. The minimum absolute atomic E-state index is 0.0220. The van der Waals surface area contributed by atoms with Crippen molar-refractivity contribution >= 4 is 0 Å². The molecule has 2 heterocycles. The highest BCUT2D eigenvalue weighted by Crippen LogP contribution is 2.31. The summed E-state index contributed by atoms with van der Waals surface area (Å²) >= 11 is 0. The molecule has 17 heavy (non-hydrogen) atoms. The van der Waals surface area contributed by atoms with Crippen molar-refractivity contribution in [2.24, 2.45) is 0 Å². The average molecular weight is 235 g/mol. The highest BCUT2D eigenvalue weighted by molar-refractivity contribution is 5.15. The van der Waals surface area contributed by atoms with E-state index in [1.54, 1.807) is 7.11 Å². The second kappa shape index (κ2) is 4.74. The maximum Gasteiger partial charge on any atom is 0.185 e. The molecular weight excluding hydrogens is 218 g/mol. The molecule has 2 saturated heterocycles. The molecule has 1 aromatic rings. The molecule has 92 valence electrons. The van der Waals surface area contributed by atoms with Gasteiger partial charge in [0.15, 0.2) is 6.29 Å². The molecule has 0 aromatic heterocycles. The van der Waals surface area contributed by atoms with Gasteiger partial charge in [0.1, 0.15) is 12.2 Å². The fourth-order valence-electron chi connectivity index (χ4n) is 2.52. The van der Waals surface area contributed by atoms with Crippen molar-refractivity contribution in [1.82, 2.24) is 5.32 Å². The standard InChI is InChI=1S/C13H17NO3/c1-15-13-12-11(10(17-13)8-16-12)14-7-9-5-3-2-4-6-9/h2-6,10-14H,7-8H2,1H3/t10-,11-,12+,13+/m1/s1. The monoisotopic (exact) mass is 235 g/mol. The van der Waals surface area contributed by atoms with Crippen LogP contribution in [0, 0.1) is 0 Å². The van der Waals surface area contributed by atoms with E-state index in [2.05, 4.69) is 17.4 Å². The van der Waals surface area contributed by atoms with Crippen LogP contribution >= 0.6 is 0 Å². The zero-order valence-electron chi connectivity index (χ0n) is 9.84. The topological polar surface area (TPSA) is 39.7 Å². The van der Waals surface area contributed by atoms with Crippen molar-refractivity contribution in [3.63, 3.8) is 0 Å². The van der Waals surface area contributed by atoms with E-state index in [0.717, 1.165) is 6.54 Å². The molecule has 0 aliphatic carbocycles. The van der Waals surface area contributed by atoms with Gasteiger partial charge in [0.2, 0.25) is 0 Å². The van der Waals surface area contributed by atoms with E-state index in [1.165, 1.54) is 5.56 Å². The normalized spacial score (nSPS) is 35.4. The molecule has 4 nitrogen and oxygen atoms in total. The minimum Gasteiger partial charge on any atom is -0.368 e. The summed E-state index contributed by atoms with van der Waals surface area (Å²) < 4.78 is 16.6. The lowest BCUT2D eigenvalue weighted by molar-refractivity contribution is -0.202. The number of hydrogen-bond donors (Lipinski definition) is 1. The second-order valence-corrected chi connectivity index (χ2v) is 4.47. The highest BCUT2D eigenvalue weighted by atomic mass is 16.7. The number of ether oxygens (including phenoxy) is 3. The van der Waals surface area contributed by atoms with Crippen LogP contribution in [0.25, 0.3) is 0 Å². The Morgan fingerprint density at radius 2 is 2.18 bits per heavy atom. The number of rotatable bonds is 4. The van der Waals surface area contributed by atoms with Crippen LogP contribution in [-0.2, 0) is 20.8 Å². The fraction of sp³-hybridized carbons (Fsp3) is 0.538. The van der Waals surface area contributed by atoms with Crippen molar-refractivity contribution in [2.75, 3.05) is 13.7 Å². The minimum atomic E-state index is -0.220. The van der Waals surface area contributed by atoms with Crippen LogP contribution in [0.3, 0.4) is 0 Å². The van der Waals surface area contributed by atoms with Gasteiger partial charge >= 0.3 is 0 Å². The Labute approximate surface area is 101 Å². The van der Waals surface area contributed by atoms with Gasteiger partial charge in [-0.25, -0.2) is 0 Å². The van der Waals surface area contributed by atoms with Crippen LogP contribution in [-0.4, -0.2) is 38.3 Å². The van der Waals surface area contributed by atoms with Crippen LogP contribution in [0.5, 0.6) is 0 Å². The van der Waals surface area contributed by atoms with Crippen molar-refractivity contribution in [3.8, 4) is 0 Å². The van der Waals surface area contributed by atoms with E-state index >= 15 is 0 Å². The molecule has 2 bridgehead atoms. The summed E-state index contributed by atoms with van der Waals surface area (Å²) in [6, 6.07) is 10.6. The largest absolute Gasteiger partial charge is 0.368 e. The molecule has 0 spiro atoms. The summed E-state index contributed by atoms with van der Waals surface area (Å²) in [6.07, 6.45) is -0.0793. The Kier molecular flexibility index (Phi) is 3.11. The Hall–Kier alpha value is -0.940. The molecule has 1 N–H and O–H groups in total. The predicted octanol–water partition coefficient (Wildman–Crippen LogP) is 0.915. The van der Waals surface area contributed by atoms with E-state index in [0.29, 0.717) is 6.61 Å². The predicted molar refractivity (Wildman–Crippen MR) is 62.5 cm³/mol. The van der Waals surface area contributed by atoms with Gasteiger partial charge in [-0.15, -0.1) is 0 Å². The van der Waals surface area contributed by atoms with E-state index in [9.17, 15) is 0 Å². The Bertz CT molecular complexity index is 370. The smallest absolute Gasteiger partial charge is 0.185 e. The number of methoxy groups -OCH3 is 1. The first kappa shape index (κ1) is 11.2. The van der Waals surface area contributed by atoms with E-state index in [-0.39, 0.29) is 24.5 Å². The van der Waals surface area contributed by atoms with E-state index < -0.39 is 0 Å². The van der Waals surface area contributed by atoms with E-state index in [4.69, 9.17) is 14.2 Å². The van der Waals surface area contributed by atoms with Gasteiger partial charge in [0, 0.05) is 13.7 Å². The maximum absolute atomic E-state index is 5.70. The summed E-state index contributed by atoms with van der Waals surface area (Å²) in [5.41, 5.74) is 1.27. The second-order valence-electron chi connectivity index (χ2n) is 4.47. The van der Waals surface area contributed by atoms with Crippen LogP contribution in [0.1, 0.15) is 5.56 Å². The Morgan fingerprint density at radius 3 is 2.88 bits per heavy atom. The Morgan fingerprint density at radius 1 is 1.35 bits per heavy atom. The first-order valence-electron chi connectivity index (χ1n) is 5.95.